The number of nitrogens with two attached hydrogens (primary N) is 1. The summed E-state index contributed by atoms with van der Waals surface area (Å²) in [4.78, 5) is 28.1. The van der Waals surface area contributed by atoms with Crippen LogP contribution in [0.15, 0.2) is 54.4 Å². The summed E-state index contributed by atoms with van der Waals surface area (Å²) >= 11 is 0. The van der Waals surface area contributed by atoms with Gasteiger partial charge in [-0.25, -0.2) is 4.79 Å². The Labute approximate surface area is 141 Å². The van der Waals surface area contributed by atoms with Crippen molar-refractivity contribution in [2.45, 2.75) is 25.5 Å². The van der Waals surface area contributed by atoms with Gasteiger partial charge in [0.15, 0.2) is 0 Å². The minimum Gasteiger partial charge on any atom is -0.445 e. The molecule has 0 aliphatic carbocycles. The van der Waals surface area contributed by atoms with Crippen molar-refractivity contribution in [3.8, 4) is 0 Å². The maximum absolute atomic E-state index is 12.7. The molecule has 24 heavy (non-hydrogen) atoms. The fraction of sp³-hybridized carbons (Fsp3) is 0.333. The van der Waals surface area contributed by atoms with Crippen molar-refractivity contribution < 1.29 is 14.3 Å². The lowest BCUT2D eigenvalue weighted by Gasteiger charge is -2.29. The van der Waals surface area contributed by atoms with E-state index in [4.69, 9.17) is 10.5 Å². The number of carbonyl (C=O) groups is 2. The normalized spacial score (nSPS) is 20.0. The Balaban J connectivity index is 1.60. The molecule has 0 radical (unpaired) electrons. The lowest BCUT2D eigenvalue weighted by molar-refractivity contribution is -0.132. The third kappa shape index (κ3) is 3.59. The van der Waals surface area contributed by atoms with Crippen LogP contribution in [-0.2, 0) is 16.1 Å². The second kappa shape index (κ2) is 7.21. The zero-order valence-electron chi connectivity index (χ0n) is 13.4. The van der Waals surface area contributed by atoms with E-state index in [-0.39, 0.29) is 12.5 Å². The molecule has 126 valence electrons. The Kier molecular flexibility index (Phi) is 4.84. The highest BCUT2D eigenvalue weighted by Gasteiger charge is 2.37. The Morgan fingerprint density at radius 2 is 2.04 bits per heavy atom. The van der Waals surface area contributed by atoms with E-state index in [0.717, 1.165) is 12.0 Å². The number of ether oxygens (including phenoxy) is 1. The highest BCUT2D eigenvalue weighted by molar-refractivity contribution is 5.87. The molecule has 0 unspecified atom stereocenters. The summed E-state index contributed by atoms with van der Waals surface area (Å²) in [6.07, 6.45) is 6.20. The van der Waals surface area contributed by atoms with Gasteiger partial charge < -0.3 is 15.4 Å². The first-order valence-corrected chi connectivity index (χ1v) is 8.06. The lowest BCUT2D eigenvalue weighted by atomic mass is 10.1. The first kappa shape index (κ1) is 16.1. The highest BCUT2D eigenvalue weighted by atomic mass is 16.6. The minimum absolute atomic E-state index is 0.114. The summed E-state index contributed by atoms with van der Waals surface area (Å²) in [5.74, 6) is -0.114. The van der Waals surface area contributed by atoms with Crippen molar-refractivity contribution >= 4 is 12.0 Å². The van der Waals surface area contributed by atoms with Crippen LogP contribution in [-0.4, -0.2) is 40.9 Å². The van der Waals surface area contributed by atoms with Crippen LogP contribution >= 0.6 is 0 Å². The van der Waals surface area contributed by atoms with Crippen LogP contribution in [0.1, 0.15) is 18.4 Å². The molecular weight excluding hydrogens is 306 g/mol. The Bertz CT molecular complexity index is 669. The monoisotopic (exact) mass is 327 g/mol. The standard InChI is InChI=1S/C18H21N3O3/c19-15-8-4-10-20(12-15)17(22)16-9-5-11-21(16)18(23)24-13-14-6-2-1-3-7-14/h1-4,6-8,10,16H,5,9,11-13,19H2/t16-/m0/s1. The maximum atomic E-state index is 12.7. The van der Waals surface area contributed by atoms with Crippen LogP contribution in [0.2, 0.25) is 0 Å². The van der Waals surface area contributed by atoms with E-state index < -0.39 is 12.1 Å². The molecule has 2 aliphatic rings. The molecule has 0 aromatic heterocycles. The molecule has 3 rings (SSSR count). The van der Waals surface area contributed by atoms with Gasteiger partial charge in [0.1, 0.15) is 12.6 Å². The zero-order valence-corrected chi connectivity index (χ0v) is 13.4. The average molecular weight is 327 g/mol. The first-order valence-electron chi connectivity index (χ1n) is 8.06. The molecule has 1 atom stereocenters. The van der Waals surface area contributed by atoms with Gasteiger partial charge in [-0.2, -0.15) is 0 Å². The number of benzene rings is 1. The first-order chi connectivity index (χ1) is 11.6. The second-order valence-corrected chi connectivity index (χ2v) is 5.94. The summed E-state index contributed by atoms with van der Waals surface area (Å²) in [6, 6.07) is 9.01. The fourth-order valence-electron chi connectivity index (χ4n) is 2.96. The van der Waals surface area contributed by atoms with E-state index in [9.17, 15) is 9.59 Å². The largest absolute Gasteiger partial charge is 0.445 e. The molecule has 0 bridgehead atoms. The summed E-state index contributed by atoms with van der Waals surface area (Å²) in [7, 11) is 0. The van der Waals surface area contributed by atoms with Gasteiger partial charge in [0.05, 0.1) is 6.54 Å². The molecule has 2 heterocycles. The number of nitrogens with zero attached hydrogens (tertiary/aromatic N) is 2. The summed E-state index contributed by atoms with van der Waals surface area (Å²) in [6.45, 7) is 1.10. The minimum atomic E-state index is -0.483. The van der Waals surface area contributed by atoms with E-state index >= 15 is 0 Å². The molecule has 1 saturated heterocycles. The Morgan fingerprint density at radius 1 is 1.25 bits per heavy atom. The van der Waals surface area contributed by atoms with Crippen LogP contribution in [0.5, 0.6) is 0 Å². The molecule has 1 aromatic rings. The molecule has 2 N–H and O–H groups in total. The molecule has 0 saturated carbocycles. The Hall–Kier alpha value is -2.76. The number of carbonyl (C=O) groups excluding carboxylic acids is 2. The lowest BCUT2D eigenvalue weighted by Crippen LogP contribution is -2.47. The zero-order chi connectivity index (χ0) is 16.9. The van der Waals surface area contributed by atoms with Gasteiger partial charge in [-0.05, 0) is 30.6 Å². The van der Waals surface area contributed by atoms with Crippen molar-refractivity contribution in [3.63, 3.8) is 0 Å². The van der Waals surface area contributed by atoms with Gasteiger partial charge in [0.2, 0.25) is 5.91 Å². The van der Waals surface area contributed by atoms with Gasteiger partial charge in [0.25, 0.3) is 0 Å². The summed E-state index contributed by atoms with van der Waals surface area (Å²) in [5.41, 5.74) is 7.33. The van der Waals surface area contributed by atoms with Crippen LogP contribution in [0.25, 0.3) is 0 Å². The number of hydrogen-bond acceptors (Lipinski definition) is 4. The topological polar surface area (TPSA) is 75.9 Å². The van der Waals surface area contributed by atoms with Gasteiger partial charge in [-0.3, -0.25) is 9.69 Å². The fourth-order valence-corrected chi connectivity index (χ4v) is 2.96. The SMILES string of the molecule is NC1=CC=CN(C(=O)[C@@H]2CCCN2C(=O)OCc2ccccc2)C1. The predicted molar refractivity (Wildman–Crippen MR) is 89.5 cm³/mol. The third-order valence-corrected chi connectivity index (χ3v) is 4.19. The van der Waals surface area contributed by atoms with Crippen LogP contribution in [0, 0.1) is 0 Å². The smallest absolute Gasteiger partial charge is 0.410 e. The van der Waals surface area contributed by atoms with Crippen LogP contribution < -0.4 is 5.73 Å². The molecule has 0 spiro atoms. The van der Waals surface area contributed by atoms with E-state index in [1.54, 1.807) is 23.3 Å². The van der Waals surface area contributed by atoms with Crippen molar-refractivity contribution in [2.24, 2.45) is 5.73 Å². The van der Waals surface area contributed by atoms with Crippen molar-refractivity contribution in [2.75, 3.05) is 13.1 Å². The second-order valence-electron chi connectivity index (χ2n) is 5.94. The number of allylic oxidation sites excluding steroid dienone is 2. The molecule has 2 aliphatic heterocycles. The Morgan fingerprint density at radius 3 is 2.79 bits per heavy atom. The van der Waals surface area contributed by atoms with Gasteiger partial charge in [0, 0.05) is 18.4 Å². The average Bonchev–Trinajstić information content (AvgIpc) is 3.09. The van der Waals surface area contributed by atoms with E-state index in [0.29, 0.717) is 25.2 Å². The van der Waals surface area contributed by atoms with Gasteiger partial charge >= 0.3 is 6.09 Å². The third-order valence-electron chi connectivity index (χ3n) is 4.19. The van der Waals surface area contributed by atoms with E-state index in [2.05, 4.69) is 0 Å². The van der Waals surface area contributed by atoms with E-state index in [1.165, 1.54) is 4.90 Å². The van der Waals surface area contributed by atoms with Crippen LogP contribution in [0.3, 0.4) is 0 Å². The number of likely N-dealkylation sites (tertiary alicyclic amines) is 1. The summed E-state index contributed by atoms with van der Waals surface area (Å²) < 4.78 is 5.36. The number of rotatable bonds is 3. The number of amides is 2. The van der Waals surface area contributed by atoms with Crippen LogP contribution in [0.4, 0.5) is 4.79 Å². The van der Waals surface area contributed by atoms with Crippen molar-refractivity contribution in [1.29, 1.82) is 0 Å². The molecule has 6 nitrogen and oxygen atoms in total. The number of hydrogen-bond donors (Lipinski definition) is 1. The molecule has 1 fully saturated rings. The highest BCUT2D eigenvalue weighted by Crippen LogP contribution is 2.22. The predicted octanol–water partition coefficient (Wildman–Crippen LogP) is 1.99. The van der Waals surface area contributed by atoms with Gasteiger partial charge in [-0.1, -0.05) is 30.3 Å². The molecule has 1 aromatic carbocycles. The molecular formula is C18H21N3O3. The quantitative estimate of drug-likeness (QED) is 0.921. The van der Waals surface area contributed by atoms with Crippen molar-refractivity contribution in [1.82, 2.24) is 9.80 Å². The maximum Gasteiger partial charge on any atom is 0.410 e. The van der Waals surface area contributed by atoms with Gasteiger partial charge in [-0.15, -0.1) is 0 Å². The molecule has 2 amide bonds. The van der Waals surface area contributed by atoms with Crippen molar-refractivity contribution in [3.05, 3.63) is 59.9 Å². The molecule has 6 heteroatoms. The summed E-state index contributed by atoms with van der Waals surface area (Å²) in [5, 5.41) is 0. The van der Waals surface area contributed by atoms with E-state index in [1.807, 2.05) is 30.3 Å².